The Labute approximate surface area is 88.3 Å². The van der Waals surface area contributed by atoms with Crippen LogP contribution in [0.25, 0.3) is 0 Å². The zero-order valence-corrected chi connectivity index (χ0v) is 8.94. The standard InChI is InChI=1S/C6H15NO3.H2O4S/c8-4-1-7(2-5-9)3-6-10;1-5(2,3)4/h8-10H,1-6H2;(H2,1,2,3,4)/p-1. The third kappa shape index (κ3) is 24.8. The summed E-state index contributed by atoms with van der Waals surface area (Å²) >= 11 is 0. The van der Waals surface area contributed by atoms with Crippen molar-refractivity contribution in [2.45, 2.75) is 0 Å². The van der Waals surface area contributed by atoms with Gasteiger partial charge in [-0.05, 0) is 0 Å². The highest BCUT2D eigenvalue weighted by Crippen LogP contribution is 1.57. The number of aliphatic hydroxyl groups is 3. The molecule has 0 bridgehead atoms. The van der Waals surface area contributed by atoms with Gasteiger partial charge in [0.1, 0.15) is 19.6 Å². The first-order valence-electron chi connectivity index (χ1n) is 4.18. The molecule has 0 saturated heterocycles. The highest BCUT2D eigenvalue weighted by Gasteiger charge is 2.03. The number of quaternary nitrogens is 1. The van der Waals surface area contributed by atoms with E-state index in [1.165, 1.54) is 0 Å². The van der Waals surface area contributed by atoms with Crippen LogP contribution in [0.3, 0.4) is 0 Å². The van der Waals surface area contributed by atoms with E-state index in [0.29, 0.717) is 19.6 Å². The molecule has 0 rings (SSSR count). The Bertz CT molecular complexity index is 195. The Morgan fingerprint density at radius 2 is 1.07 bits per heavy atom. The molecule has 0 heterocycles. The molecule has 0 aromatic carbocycles. The van der Waals surface area contributed by atoms with Crippen molar-refractivity contribution in [1.29, 1.82) is 0 Å². The molecule has 9 heteroatoms. The van der Waals surface area contributed by atoms with Gasteiger partial charge in [-0.1, -0.05) is 0 Å². The lowest BCUT2D eigenvalue weighted by atomic mass is 10.4. The molecule has 0 aliphatic heterocycles. The molecule has 4 N–H and O–H groups in total. The van der Waals surface area contributed by atoms with Gasteiger partial charge in [0.15, 0.2) is 0 Å². The normalized spacial score (nSPS) is 11.1. The zero-order valence-electron chi connectivity index (χ0n) is 8.13. The van der Waals surface area contributed by atoms with Crippen LogP contribution in [-0.4, -0.2) is 72.3 Å². The molecular weight excluding hydrogens is 230 g/mol. The van der Waals surface area contributed by atoms with Gasteiger partial charge in [0.05, 0.1) is 19.8 Å². The van der Waals surface area contributed by atoms with Crippen LogP contribution < -0.4 is 4.90 Å². The maximum absolute atomic E-state index is 8.52. The highest BCUT2D eigenvalue weighted by molar-refractivity contribution is 7.79. The van der Waals surface area contributed by atoms with Crippen molar-refractivity contribution < 1.29 is 37.7 Å². The number of aliphatic hydroxyl groups excluding tert-OH is 3. The molecule has 0 aliphatic rings. The van der Waals surface area contributed by atoms with Gasteiger partial charge in [-0.3, -0.25) is 8.42 Å². The first kappa shape index (κ1) is 17.1. The number of hydrogen-bond donors (Lipinski definition) is 4. The first-order valence-corrected chi connectivity index (χ1v) is 5.51. The number of nitrogens with one attached hydrogen (secondary N) is 1. The van der Waals surface area contributed by atoms with Crippen LogP contribution >= 0.6 is 0 Å². The summed E-state index contributed by atoms with van der Waals surface area (Å²) in [7, 11) is -5.17. The van der Waals surface area contributed by atoms with E-state index in [1.807, 2.05) is 0 Å². The van der Waals surface area contributed by atoms with Crippen molar-refractivity contribution in [3.8, 4) is 0 Å². The van der Waals surface area contributed by atoms with Crippen LogP contribution in [0.2, 0.25) is 0 Å². The van der Waals surface area contributed by atoms with Crippen molar-refractivity contribution in [3.63, 3.8) is 0 Å². The van der Waals surface area contributed by atoms with Gasteiger partial charge in [-0.15, -0.1) is 0 Å². The summed E-state index contributed by atoms with van der Waals surface area (Å²) in [6.07, 6.45) is 0. The van der Waals surface area contributed by atoms with Gasteiger partial charge in [0.2, 0.25) is 0 Å². The maximum Gasteiger partial charge on any atom is 0.101 e. The van der Waals surface area contributed by atoms with E-state index in [2.05, 4.69) is 0 Å². The molecular formula is C6H16NO7S-. The summed E-state index contributed by atoms with van der Waals surface area (Å²) in [5.41, 5.74) is 0. The molecule has 0 spiro atoms. The van der Waals surface area contributed by atoms with E-state index in [4.69, 9.17) is 32.8 Å². The topological polar surface area (TPSA) is 145 Å². The number of hydrogen-bond acceptors (Lipinski definition) is 7. The largest absolute Gasteiger partial charge is 0.759 e. The van der Waals surface area contributed by atoms with Gasteiger partial charge >= 0.3 is 0 Å². The fraction of sp³-hybridized carbons (Fsp3) is 1.00. The lowest BCUT2D eigenvalue weighted by Crippen LogP contribution is -3.13. The minimum absolute atomic E-state index is 0.106. The molecule has 0 atom stereocenters. The summed E-state index contributed by atoms with van der Waals surface area (Å²) < 4.78 is 34.1. The van der Waals surface area contributed by atoms with Gasteiger partial charge in [-0.2, -0.15) is 0 Å². The summed E-state index contributed by atoms with van der Waals surface area (Å²) in [6, 6.07) is 0. The average Bonchev–Trinajstić information content (AvgIpc) is 2.02. The molecule has 0 amide bonds. The molecule has 8 nitrogen and oxygen atoms in total. The predicted octanol–water partition coefficient (Wildman–Crippen LogP) is -4.49. The summed E-state index contributed by atoms with van der Waals surface area (Å²) in [5, 5.41) is 25.5. The van der Waals surface area contributed by atoms with Crippen LogP contribution in [0.15, 0.2) is 0 Å². The number of rotatable bonds is 6. The lowest BCUT2D eigenvalue weighted by molar-refractivity contribution is -0.901. The van der Waals surface area contributed by atoms with Crippen molar-refractivity contribution in [3.05, 3.63) is 0 Å². The Hall–Kier alpha value is -0.290. The molecule has 15 heavy (non-hydrogen) atoms. The van der Waals surface area contributed by atoms with Crippen LogP contribution in [0, 0.1) is 0 Å². The molecule has 94 valence electrons. The Kier molecular flexibility index (Phi) is 11.7. The Balaban J connectivity index is 0. The smallest absolute Gasteiger partial charge is 0.101 e. The third-order valence-electron chi connectivity index (χ3n) is 1.40. The minimum atomic E-state index is -5.17. The minimum Gasteiger partial charge on any atom is -0.759 e. The Morgan fingerprint density at radius 3 is 1.20 bits per heavy atom. The van der Waals surface area contributed by atoms with Gasteiger partial charge < -0.3 is 29.3 Å². The lowest BCUT2D eigenvalue weighted by Gasteiger charge is -2.15. The molecule has 0 unspecified atom stereocenters. The van der Waals surface area contributed by atoms with E-state index in [1.54, 1.807) is 0 Å². The fourth-order valence-corrected chi connectivity index (χ4v) is 0.849. The fourth-order valence-electron chi connectivity index (χ4n) is 0.849. The summed E-state index contributed by atoms with van der Waals surface area (Å²) in [4.78, 5) is 1.03. The summed E-state index contributed by atoms with van der Waals surface area (Å²) in [6.45, 7) is 2.11. The quantitative estimate of drug-likeness (QED) is 0.273. The average molecular weight is 246 g/mol. The van der Waals surface area contributed by atoms with E-state index >= 15 is 0 Å². The molecule has 0 radical (unpaired) electrons. The van der Waals surface area contributed by atoms with E-state index in [-0.39, 0.29) is 19.8 Å². The molecule has 0 aromatic heterocycles. The Morgan fingerprint density at radius 1 is 0.867 bits per heavy atom. The molecule has 0 aromatic rings. The predicted molar refractivity (Wildman–Crippen MR) is 47.3 cm³/mol. The SMILES string of the molecule is O=S(=O)([O-])[O-].OCC[NH+](CCO)CCO. The van der Waals surface area contributed by atoms with Gasteiger partial charge in [0.25, 0.3) is 0 Å². The van der Waals surface area contributed by atoms with Crippen LogP contribution in [-0.2, 0) is 10.4 Å². The van der Waals surface area contributed by atoms with Gasteiger partial charge in [0, 0.05) is 10.4 Å². The second-order valence-corrected chi connectivity index (χ2v) is 3.40. The van der Waals surface area contributed by atoms with Crippen LogP contribution in [0.4, 0.5) is 0 Å². The second kappa shape index (κ2) is 10.2. The van der Waals surface area contributed by atoms with Crippen LogP contribution in [0.5, 0.6) is 0 Å². The van der Waals surface area contributed by atoms with E-state index < -0.39 is 10.4 Å². The van der Waals surface area contributed by atoms with E-state index in [9.17, 15) is 0 Å². The highest BCUT2D eigenvalue weighted by atomic mass is 32.3. The molecule has 0 aliphatic carbocycles. The zero-order chi connectivity index (χ0) is 12.3. The van der Waals surface area contributed by atoms with Crippen LogP contribution in [0.1, 0.15) is 0 Å². The second-order valence-electron chi connectivity index (χ2n) is 2.58. The van der Waals surface area contributed by atoms with E-state index in [0.717, 1.165) is 4.90 Å². The summed E-state index contributed by atoms with van der Waals surface area (Å²) in [5.74, 6) is 0. The molecule has 0 fully saturated rings. The van der Waals surface area contributed by atoms with Crippen molar-refractivity contribution >= 4 is 10.4 Å². The van der Waals surface area contributed by atoms with Crippen molar-refractivity contribution in [1.82, 2.24) is 0 Å². The first-order chi connectivity index (χ1) is 6.85. The van der Waals surface area contributed by atoms with Crippen molar-refractivity contribution in [2.24, 2.45) is 0 Å². The van der Waals surface area contributed by atoms with Crippen molar-refractivity contribution in [2.75, 3.05) is 39.5 Å². The van der Waals surface area contributed by atoms with Gasteiger partial charge in [-0.25, -0.2) is 0 Å². The monoisotopic (exact) mass is 246 g/mol. The molecule has 0 saturated carbocycles. The maximum atomic E-state index is 8.52. The third-order valence-corrected chi connectivity index (χ3v) is 1.40.